The summed E-state index contributed by atoms with van der Waals surface area (Å²) in [5.74, 6) is 0.232. The van der Waals surface area contributed by atoms with Crippen molar-refractivity contribution in [3.63, 3.8) is 0 Å². The molecule has 2 heteroatoms. The standard InChI is InChI=1S/C13H18O2/c1-11(10-15-12(2)14)8-9-13-6-4-3-5-7-13/h3-7,11H,8-10H2,1-2H3/t11-/m0/s1. The molecule has 0 saturated heterocycles. The number of esters is 1. The Morgan fingerprint density at radius 1 is 1.33 bits per heavy atom. The highest BCUT2D eigenvalue weighted by Gasteiger charge is 2.04. The molecule has 0 aliphatic heterocycles. The van der Waals surface area contributed by atoms with Gasteiger partial charge in [-0.1, -0.05) is 37.3 Å². The molecular formula is C13H18O2. The summed E-state index contributed by atoms with van der Waals surface area (Å²) in [5, 5.41) is 0. The lowest BCUT2D eigenvalue weighted by molar-refractivity contribution is -0.142. The second kappa shape index (κ2) is 6.23. The smallest absolute Gasteiger partial charge is 0.302 e. The number of hydrogen-bond donors (Lipinski definition) is 0. The minimum Gasteiger partial charge on any atom is -0.466 e. The van der Waals surface area contributed by atoms with Crippen LogP contribution in [0.25, 0.3) is 0 Å². The number of aryl methyl sites for hydroxylation is 1. The largest absolute Gasteiger partial charge is 0.466 e. The molecule has 0 fully saturated rings. The highest BCUT2D eigenvalue weighted by molar-refractivity contribution is 5.65. The topological polar surface area (TPSA) is 26.3 Å². The van der Waals surface area contributed by atoms with Crippen molar-refractivity contribution in [1.29, 1.82) is 0 Å². The summed E-state index contributed by atoms with van der Waals surface area (Å²) in [6, 6.07) is 10.4. The monoisotopic (exact) mass is 206 g/mol. The summed E-state index contributed by atoms with van der Waals surface area (Å²) in [4.78, 5) is 10.6. The lowest BCUT2D eigenvalue weighted by Gasteiger charge is -2.10. The second-order valence-electron chi connectivity index (χ2n) is 3.93. The van der Waals surface area contributed by atoms with E-state index in [4.69, 9.17) is 4.74 Å². The molecule has 2 nitrogen and oxygen atoms in total. The van der Waals surface area contributed by atoms with Crippen LogP contribution < -0.4 is 0 Å². The number of rotatable bonds is 5. The molecule has 0 heterocycles. The van der Waals surface area contributed by atoms with Crippen molar-refractivity contribution in [2.45, 2.75) is 26.7 Å². The van der Waals surface area contributed by atoms with Crippen molar-refractivity contribution in [3.8, 4) is 0 Å². The minimum atomic E-state index is -0.193. The molecule has 0 bridgehead atoms. The summed E-state index contributed by atoms with van der Waals surface area (Å²) >= 11 is 0. The van der Waals surface area contributed by atoms with Gasteiger partial charge in [-0.15, -0.1) is 0 Å². The third-order valence-electron chi connectivity index (χ3n) is 2.34. The van der Waals surface area contributed by atoms with E-state index < -0.39 is 0 Å². The van der Waals surface area contributed by atoms with Crippen LogP contribution in [0, 0.1) is 5.92 Å². The summed E-state index contributed by atoms with van der Waals surface area (Å²) in [6.45, 7) is 4.08. The van der Waals surface area contributed by atoms with Gasteiger partial charge in [0.2, 0.25) is 0 Å². The molecular weight excluding hydrogens is 188 g/mol. The first kappa shape index (κ1) is 11.8. The molecule has 0 saturated carbocycles. The van der Waals surface area contributed by atoms with Gasteiger partial charge in [-0.25, -0.2) is 0 Å². The Kier molecular flexibility index (Phi) is 4.88. The quantitative estimate of drug-likeness (QED) is 0.692. The Morgan fingerprint density at radius 2 is 2.00 bits per heavy atom. The van der Waals surface area contributed by atoms with Crippen LogP contribution in [0.4, 0.5) is 0 Å². The van der Waals surface area contributed by atoms with Crippen LogP contribution in [-0.4, -0.2) is 12.6 Å². The van der Waals surface area contributed by atoms with Crippen molar-refractivity contribution in [2.24, 2.45) is 5.92 Å². The Labute approximate surface area is 91.3 Å². The average Bonchev–Trinajstić information content (AvgIpc) is 2.25. The molecule has 0 radical (unpaired) electrons. The summed E-state index contributed by atoms with van der Waals surface area (Å²) in [7, 11) is 0. The molecule has 15 heavy (non-hydrogen) atoms. The number of benzene rings is 1. The molecule has 0 spiro atoms. The molecule has 0 aliphatic rings. The van der Waals surface area contributed by atoms with Gasteiger partial charge in [0.25, 0.3) is 0 Å². The Balaban J connectivity index is 2.22. The Hall–Kier alpha value is -1.31. The van der Waals surface area contributed by atoms with Crippen LogP contribution in [0.3, 0.4) is 0 Å². The summed E-state index contributed by atoms with van der Waals surface area (Å²) in [5.41, 5.74) is 1.34. The minimum absolute atomic E-state index is 0.193. The zero-order chi connectivity index (χ0) is 11.1. The van der Waals surface area contributed by atoms with Crippen molar-refractivity contribution in [3.05, 3.63) is 35.9 Å². The lowest BCUT2D eigenvalue weighted by atomic mass is 10.0. The molecule has 0 unspecified atom stereocenters. The molecule has 0 N–H and O–H groups in total. The maximum atomic E-state index is 10.6. The fraction of sp³-hybridized carbons (Fsp3) is 0.462. The van der Waals surface area contributed by atoms with Crippen molar-refractivity contribution in [2.75, 3.05) is 6.61 Å². The van der Waals surface area contributed by atoms with Crippen LogP contribution in [0.5, 0.6) is 0 Å². The van der Waals surface area contributed by atoms with Crippen molar-refractivity contribution in [1.82, 2.24) is 0 Å². The summed E-state index contributed by atoms with van der Waals surface area (Å²) in [6.07, 6.45) is 2.10. The van der Waals surface area contributed by atoms with Gasteiger partial charge in [0.1, 0.15) is 0 Å². The number of carbonyl (C=O) groups excluding carboxylic acids is 1. The van der Waals surface area contributed by atoms with Gasteiger partial charge >= 0.3 is 5.97 Å². The average molecular weight is 206 g/mol. The zero-order valence-electron chi connectivity index (χ0n) is 9.40. The first-order valence-electron chi connectivity index (χ1n) is 5.36. The van der Waals surface area contributed by atoms with E-state index in [9.17, 15) is 4.79 Å². The van der Waals surface area contributed by atoms with Crippen LogP contribution in [0.1, 0.15) is 25.8 Å². The van der Waals surface area contributed by atoms with Gasteiger partial charge in [0.05, 0.1) is 6.61 Å². The third-order valence-corrected chi connectivity index (χ3v) is 2.34. The van der Waals surface area contributed by atoms with Crippen LogP contribution in [0.15, 0.2) is 30.3 Å². The maximum absolute atomic E-state index is 10.6. The predicted molar refractivity (Wildman–Crippen MR) is 60.6 cm³/mol. The first-order valence-corrected chi connectivity index (χ1v) is 5.36. The highest BCUT2D eigenvalue weighted by Crippen LogP contribution is 2.09. The highest BCUT2D eigenvalue weighted by atomic mass is 16.5. The van der Waals surface area contributed by atoms with Gasteiger partial charge in [0, 0.05) is 6.92 Å². The number of carbonyl (C=O) groups is 1. The van der Waals surface area contributed by atoms with Crippen LogP contribution in [0.2, 0.25) is 0 Å². The summed E-state index contributed by atoms with van der Waals surface area (Å²) < 4.78 is 4.95. The molecule has 1 aromatic rings. The SMILES string of the molecule is CC(=O)OC[C@@H](C)CCc1ccccc1. The third kappa shape index (κ3) is 5.21. The maximum Gasteiger partial charge on any atom is 0.302 e. The Morgan fingerprint density at radius 3 is 2.60 bits per heavy atom. The van der Waals surface area contributed by atoms with E-state index in [0.717, 1.165) is 12.8 Å². The fourth-order valence-electron chi connectivity index (χ4n) is 1.40. The van der Waals surface area contributed by atoms with E-state index >= 15 is 0 Å². The lowest BCUT2D eigenvalue weighted by Crippen LogP contribution is -2.10. The van der Waals surface area contributed by atoms with Crippen molar-refractivity contribution < 1.29 is 9.53 Å². The second-order valence-corrected chi connectivity index (χ2v) is 3.93. The fourth-order valence-corrected chi connectivity index (χ4v) is 1.40. The Bertz CT molecular complexity index is 293. The molecule has 0 aromatic heterocycles. The number of hydrogen-bond acceptors (Lipinski definition) is 2. The molecule has 82 valence electrons. The van der Waals surface area contributed by atoms with E-state index in [1.165, 1.54) is 12.5 Å². The molecule has 0 aliphatic carbocycles. The molecule has 0 amide bonds. The van der Waals surface area contributed by atoms with E-state index in [-0.39, 0.29) is 5.97 Å². The van der Waals surface area contributed by atoms with Gasteiger partial charge in [0.15, 0.2) is 0 Å². The normalized spacial score (nSPS) is 12.1. The van der Waals surface area contributed by atoms with E-state index in [2.05, 4.69) is 19.1 Å². The van der Waals surface area contributed by atoms with Gasteiger partial charge < -0.3 is 4.74 Å². The van der Waals surface area contributed by atoms with Gasteiger partial charge in [-0.3, -0.25) is 4.79 Å². The van der Waals surface area contributed by atoms with Crippen LogP contribution >= 0.6 is 0 Å². The van der Waals surface area contributed by atoms with Gasteiger partial charge in [-0.05, 0) is 24.3 Å². The zero-order valence-corrected chi connectivity index (χ0v) is 9.40. The van der Waals surface area contributed by atoms with Crippen LogP contribution in [-0.2, 0) is 16.0 Å². The molecule has 1 rings (SSSR count). The first-order chi connectivity index (χ1) is 7.18. The van der Waals surface area contributed by atoms with E-state index in [1.54, 1.807) is 0 Å². The van der Waals surface area contributed by atoms with E-state index in [0.29, 0.717) is 12.5 Å². The molecule has 1 aromatic carbocycles. The van der Waals surface area contributed by atoms with Crippen molar-refractivity contribution >= 4 is 5.97 Å². The predicted octanol–water partition coefficient (Wildman–Crippen LogP) is 2.82. The van der Waals surface area contributed by atoms with Gasteiger partial charge in [-0.2, -0.15) is 0 Å². The van der Waals surface area contributed by atoms with E-state index in [1.807, 2.05) is 18.2 Å². The molecule has 1 atom stereocenters. The number of ether oxygens (including phenoxy) is 1.